The molecule has 0 aliphatic heterocycles. The van der Waals surface area contributed by atoms with Crippen LogP contribution in [0.3, 0.4) is 0 Å². The maximum atomic E-state index is 5.63. The topological polar surface area (TPSA) is 25.2 Å². The van der Waals surface area contributed by atoms with E-state index in [4.69, 9.17) is 4.42 Å². The van der Waals surface area contributed by atoms with Gasteiger partial charge in [0.05, 0.1) is 6.26 Å². The minimum atomic E-state index is 0.468. The van der Waals surface area contributed by atoms with E-state index in [0.717, 1.165) is 30.7 Å². The van der Waals surface area contributed by atoms with Gasteiger partial charge in [-0.05, 0) is 61.1 Å². The van der Waals surface area contributed by atoms with E-state index in [0.29, 0.717) is 5.41 Å². The average molecular weight is 261 g/mol. The van der Waals surface area contributed by atoms with E-state index in [1.165, 1.54) is 38.0 Å². The molecule has 2 heteroatoms. The van der Waals surface area contributed by atoms with E-state index < -0.39 is 0 Å². The molecule has 1 N–H and O–H groups in total. The predicted octanol–water partition coefficient (Wildman–Crippen LogP) is 3.87. The highest BCUT2D eigenvalue weighted by Gasteiger charge is 2.50. The summed E-state index contributed by atoms with van der Waals surface area (Å²) in [6.45, 7) is 6.88. The van der Waals surface area contributed by atoms with E-state index >= 15 is 0 Å². The molecular formula is C17H27NO. The second kappa shape index (κ2) is 5.32. The summed E-state index contributed by atoms with van der Waals surface area (Å²) >= 11 is 0. The zero-order valence-corrected chi connectivity index (χ0v) is 12.3. The Morgan fingerprint density at radius 2 is 2.32 bits per heavy atom. The van der Waals surface area contributed by atoms with E-state index in [1.54, 1.807) is 0 Å². The molecule has 3 rings (SSSR count). The fourth-order valence-electron chi connectivity index (χ4n) is 4.42. The summed E-state index contributed by atoms with van der Waals surface area (Å²) in [6, 6.07) is 4.17. The first kappa shape index (κ1) is 13.2. The van der Waals surface area contributed by atoms with Crippen LogP contribution in [0.25, 0.3) is 0 Å². The first-order chi connectivity index (χ1) is 9.18. The first-order valence-electron chi connectivity index (χ1n) is 7.91. The van der Waals surface area contributed by atoms with Crippen LogP contribution in [-0.4, -0.2) is 13.1 Å². The summed E-state index contributed by atoms with van der Waals surface area (Å²) in [5, 5.41) is 3.72. The molecule has 1 aromatic rings. The molecule has 2 saturated carbocycles. The molecule has 106 valence electrons. The number of rotatable bonds is 6. The zero-order chi connectivity index (χ0) is 13.3. The lowest BCUT2D eigenvalue weighted by Crippen LogP contribution is -2.41. The molecule has 2 bridgehead atoms. The molecule has 0 radical (unpaired) electrons. The van der Waals surface area contributed by atoms with Crippen LogP contribution in [0.5, 0.6) is 0 Å². The fraction of sp³-hybridized carbons (Fsp3) is 0.765. The van der Waals surface area contributed by atoms with Crippen LogP contribution in [0, 0.1) is 23.2 Å². The minimum absolute atomic E-state index is 0.468. The quantitative estimate of drug-likeness (QED) is 0.841. The number of hydrogen-bond donors (Lipinski definition) is 1. The summed E-state index contributed by atoms with van der Waals surface area (Å²) < 4.78 is 5.63. The highest BCUT2D eigenvalue weighted by molar-refractivity contribution is 5.09. The molecule has 2 fully saturated rings. The van der Waals surface area contributed by atoms with E-state index in [-0.39, 0.29) is 0 Å². The van der Waals surface area contributed by atoms with Crippen molar-refractivity contribution in [3.05, 3.63) is 24.2 Å². The Morgan fingerprint density at radius 3 is 2.89 bits per heavy atom. The van der Waals surface area contributed by atoms with Crippen molar-refractivity contribution in [2.75, 3.05) is 13.1 Å². The first-order valence-corrected chi connectivity index (χ1v) is 7.91. The van der Waals surface area contributed by atoms with Crippen molar-refractivity contribution < 1.29 is 4.42 Å². The van der Waals surface area contributed by atoms with Crippen molar-refractivity contribution in [3.63, 3.8) is 0 Å². The molecule has 0 saturated heterocycles. The Labute approximate surface area is 117 Å². The maximum Gasteiger partial charge on any atom is 0.104 e. The van der Waals surface area contributed by atoms with Crippen LogP contribution in [0.1, 0.15) is 45.3 Å². The maximum absolute atomic E-state index is 5.63. The van der Waals surface area contributed by atoms with Crippen molar-refractivity contribution >= 4 is 0 Å². The minimum Gasteiger partial charge on any atom is -0.469 e. The smallest absolute Gasteiger partial charge is 0.104 e. The molecule has 3 atom stereocenters. The number of nitrogens with one attached hydrogen (secondary N) is 1. The summed E-state index contributed by atoms with van der Waals surface area (Å²) in [7, 11) is 0. The van der Waals surface area contributed by atoms with E-state index in [2.05, 4.69) is 25.2 Å². The Hall–Kier alpha value is -0.760. The number of hydrogen-bond acceptors (Lipinski definition) is 2. The van der Waals surface area contributed by atoms with E-state index in [9.17, 15) is 0 Å². The van der Waals surface area contributed by atoms with Gasteiger partial charge in [-0.1, -0.05) is 20.3 Å². The van der Waals surface area contributed by atoms with Crippen molar-refractivity contribution in [2.45, 2.75) is 46.0 Å². The van der Waals surface area contributed by atoms with Gasteiger partial charge in [0.15, 0.2) is 0 Å². The van der Waals surface area contributed by atoms with Gasteiger partial charge >= 0.3 is 0 Å². The predicted molar refractivity (Wildman–Crippen MR) is 78.0 cm³/mol. The lowest BCUT2D eigenvalue weighted by Gasteiger charge is -2.38. The summed E-state index contributed by atoms with van der Waals surface area (Å²) in [5.41, 5.74) is 0.468. The van der Waals surface area contributed by atoms with Gasteiger partial charge in [0, 0.05) is 13.0 Å². The summed E-state index contributed by atoms with van der Waals surface area (Å²) in [5.74, 6) is 3.82. The van der Waals surface area contributed by atoms with Crippen LogP contribution in [0.2, 0.25) is 0 Å². The van der Waals surface area contributed by atoms with Gasteiger partial charge < -0.3 is 9.73 Å². The molecule has 2 nitrogen and oxygen atoms in total. The number of fused-ring (bicyclic) bond motifs is 2. The monoisotopic (exact) mass is 261 g/mol. The Bertz CT molecular complexity index is 397. The molecule has 0 spiro atoms. The summed E-state index contributed by atoms with van der Waals surface area (Å²) in [6.07, 6.45) is 8.72. The van der Waals surface area contributed by atoms with E-state index in [1.807, 2.05) is 12.3 Å². The molecule has 0 amide bonds. The number of furan rings is 1. The third-order valence-electron chi connectivity index (χ3n) is 5.24. The van der Waals surface area contributed by atoms with Crippen LogP contribution in [0.4, 0.5) is 0 Å². The second-order valence-corrected chi connectivity index (χ2v) is 7.22. The Kier molecular flexibility index (Phi) is 3.70. The van der Waals surface area contributed by atoms with Gasteiger partial charge in [-0.3, -0.25) is 0 Å². The van der Waals surface area contributed by atoms with Crippen molar-refractivity contribution in [3.8, 4) is 0 Å². The molecule has 19 heavy (non-hydrogen) atoms. The summed E-state index contributed by atoms with van der Waals surface area (Å²) in [4.78, 5) is 0. The molecule has 0 aromatic carbocycles. The third-order valence-corrected chi connectivity index (χ3v) is 5.24. The highest BCUT2D eigenvalue weighted by Crippen LogP contribution is 2.57. The highest BCUT2D eigenvalue weighted by atomic mass is 16.3. The van der Waals surface area contributed by atoms with Crippen LogP contribution >= 0.6 is 0 Å². The molecular weight excluding hydrogens is 234 g/mol. The lowest BCUT2D eigenvalue weighted by atomic mass is 9.70. The average Bonchev–Trinajstić information content (AvgIpc) is 3.04. The molecule has 1 aromatic heterocycles. The zero-order valence-electron chi connectivity index (χ0n) is 12.3. The SMILES string of the molecule is CC(C)CNCC1(Cc2ccco2)CC2CCC1C2. The molecule has 2 aliphatic rings. The molecule has 1 heterocycles. The van der Waals surface area contributed by atoms with Crippen molar-refractivity contribution in [1.82, 2.24) is 5.32 Å². The van der Waals surface area contributed by atoms with Gasteiger partial charge in [0.2, 0.25) is 0 Å². The Balaban J connectivity index is 1.69. The third kappa shape index (κ3) is 2.74. The van der Waals surface area contributed by atoms with Gasteiger partial charge in [0.1, 0.15) is 5.76 Å². The molecule has 2 aliphatic carbocycles. The van der Waals surface area contributed by atoms with Gasteiger partial charge in [-0.25, -0.2) is 0 Å². The molecule has 3 unspecified atom stereocenters. The normalized spacial score (nSPS) is 33.4. The fourth-order valence-corrected chi connectivity index (χ4v) is 4.42. The van der Waals surface area contributed by atoms with Crippen LogP contribution in [0.15, 0.2) is 22.8 Å². The Morgan fingerprint density at radius 1 is 1.42 bits per heavy atom. The standard InChI is InChI=1S/C17H27NO/c1-13(2)11-18-12-17(10-16-4-3-7-19-16)9-14-5-6-15(17)8-14/h3-4,7,13-15,18H,5-6,8-12H2,1-2H3. The lowest BCUT2D eigenvalue weighted by molar-refractivity contribution is 0.145. The van der Waals surface area contributed by atoms with Crippen molar-refractivity contribution in [1.29, 1.82) is 0 Å². The largest absolute Gasteiger partial charge is 0.469 e. The van der Waals surface area contributed by atoms with Crippen molar-refractivity contribution in [2.24, 2.45) is 23.2 Å². The van der Waals surface area contributed by atoms with Gasteiger partial charge in [-0.2, -0.15) is 0 Å². The van der Waals surface area contributed by atoms with Gasteiger partial charge in [0.25, 0.3) is 0 Å². The van der Waals surface area contributed by atoms with Gasteiger partial charge in [-0.15, -0.1) is 0 Å². The van der Waals surface area contributed by atoms with Crippen LogP contribution < -0.4 is 5.32 Å². The second-order valence-electron chi connectivity index (χ2n) is 7.22. The van der Waals surface area contributed by atoms with Crippen LogP contribution in [-0.2, 0) is 6.42 Å².